The van der Waals surface area contributed by atoms with Crippen molar-refractivity contribution in [3.63, 3.8) is 0 Å². The summed E-state index contributed by atoms with van der Waals surface area (Å²) in [6, 6.07) is 0.742. The minimum atomic E-state index is 0.184. The molecule has 1 heterocycles. The molecule has 2 rings (SSSR count). The predicted octanol–water partition coefficient (Wildman–Crippen LogP) is 3.15. The zero-order valence-corrected chi connectivity index (χ0v) is 12.9. The third-order valence-corrected chi connectivity index (χ3v) is 4.52. The van der Waals surface area contributed by atoms with Crippen LogP contribution in [0.25, 0.3) is 0 Å². The molecular formula is C15H26N2O2. The van der Waals surface area contributed by atoms with Crippen LogP contribution in [0.4, 0.5) is 0 Å². The fraction of sp³-hybridized carbons (Fsp3) is 0.800. The molecule has 1 aliphatic carbocycles. The summed E-state index contributed by atoms with van der Waals surface area (Å²) in [6.45, 7) is 13.5. The second kappa shape index (κ2) is 5.25. The van der Waals surface area contributed by atoms with Gasteiger partial charge in [0.15, 0.2) is 0 Å². The molecule has 3 unspecified atom stereocenters. The Morgan fingerprint density at radius 3 is 2.63 bits per heavy atom. The Hall–Kier alpha value is -0.870. The predicted molar refractivity (Wildman–Crippen MR) is 75.1 cm³/mol. The fourth-order valence-corrected chi connectivity index (χ4v) is 3.15. The average Bonchev–Trinajstić information content (AvgIpc) is 2.67. The van der Waals surface area contributed by atoms with Crippen LogP contribution in [0.1, 0.15) is 57.2 Å². The van der Waals surface area contributed by atoms with Gasteiger partial charge in [0.05, 0.1) is 11.8 Å². The van der Waals surface area contributed by atoms with Crippen molar-refractivity contribution in [3.8, 4) is 0 Å². The molecule has 0 aliphatic heterocycles. The Morgan fingerprint density at radius 2 is 2.16 bits per heavy atom. The molecule has 1 N–H and O–H groups in total. The molecule has 0 radical (unpaired) electrons. The van der Waals surface area contributed by atoms with Gasteiger partial charge in [0.2, 0.25) is 0 Å². The van der Waals surface area contributed by atoms with Gasteiger partial charge in [-0.2, -0.15) is 0 Å². The lowest BCUT2D eigenvalue weighted by atomic mass is 9.64. The molecule has 4 nitrogen and oxygen atoms in total. The highest BCUT2D eigenvalue weighted by Crippen LogP contribution is 2.43. The Bertz CT molecular complexity index is 420. The molecule has 19 heavy (non-hydrogen) atoms. The summed E-state index contributed by atoms with van der Waals surface area (Å²) >= 11 is 0. The van der Waals surface area contributed by atoms with Crippen molar-refractivity contribution < 1.29 is 9.26 Å². The smallest absolute Gasteiger partial charge is 0.138 e. The van der Waals surface area contributed by atoms with E-state index in [0.717, 1.165) is 24.5 Å². The third-order valence-electron chi connectivity index (χ3n) is 4.52. The van der Waals surface area contributed by atoms with Crippen LogP contribution >= 0.6 is 0 Å². The van der Waals surface area contributed by atoms with Crippen molar-refractivity contribution in [2.75, 3.05) is 6.61 Å². The summed E-state index contributed by atoms with van der Waals surface area (Å²) < 4.78 is 11.0. The van der Waals surface area contributed by atoms with E-state index in [-0.39, 0.29) is 11.5 Å². The van der Waals surface area contributed by atoms with Gasteiger partial charge in [-0.05, 0) is 34.1 Å². The van der Waals surface area contributed by atoms with Gasteiger partial charge < -0.3 is 14.6 Å². The maximum atomic E-state index is 5.77. The first-order valence-corrected chi connectivity index (χ1v) is 7.18. The molecule has 0 spiro atoms. The van der Waals surface area contributed by atoms with Gasteiger partial charge in [-0.3, -0.25) is 0 Å². The second-order valence-electron chi connectivity index (χ2n) is 6.18. The highest BCUT2D eigenvalue weighted by Gasteiger charge is 2.49. The Balaban J connectivity index is 2.00. The summed E-state index contributed by atoms with van der Waals surface area (Å²) in [7, 11) is 0. The second-order valence-corrected chi connectivity index (χ2v) is 6.18. The number of ether oxygens (including phenoxy) is 1. The summed E-state index contributed by atoms with van der Waals surface area (Å²) in [5.41, 5.74) is 2.36. The monoisotopic (exact) mass is 266 g/mol. The first-order valence-electron chi connectivity index (χ1n) is 7.18. The molecule has 3 atom stereocenters. The van der Waals surface area contributed by atoms with Crippen LogP contribution in [0.3, 0.4) is 0 Å². The van der Waals surface area contributed by atoms with Gasteiger partial charge in [-0.15, -0.1) is 0 Å². The molecule has 108 valence electrons. The summed E-state index contributed by atoms with van der Waals surface area (Å²) in [4.78, 5) is 0. The van der Waals surface area contributed by atoms with Gasteiger partial charge in [0, 0.05) is 29.7 Å². The number of hydrogen-bond acceptors (Lipinski definition) is 4. The van der Waals surface area contributed by atoms with E-state index in [1.54, 1.807) is 0 Å². The minimum absolute atomic E-state index is 0.184. The molecule has 1 saturated carbocycles. The van der Waals surface area contributed by atoms with Crippen molar-refractivity contribution in [1.29, 1.82) is 0 Å². The lowest BCUT2D eigenvalue weighted by Crippen LogP contribution is -2.61. The van der Waals surface area contributed by atoms with Crippen molar-refractivity contribution in [2.45, 2.75) is 66.2 Å². The van der Waals surface area contributed by atoms with Crippen LogP contribution in [0.2, 0.25) is 0 Å². The average molecular weight is 266 g/mol. The van der Waals surface area contributed by atoms with Crippen molar-refractivity contribution in [1.82, 2.24) is 10.5 Å². The molecule has 0 saturated heterocycles. The largest absolute Gasteiger partial charge is 0.378 e. The lowest BCUT2D eigenvalue weighted by molar-refractivity contribution is -0.116. The topological polar surface area (TPSA) is 47.3 Å². The van der Waals surface area contributed by atoms with Crippen LogP contribution in [0, 0.1) is 19.3 Å². The Morgan fingerprint density at radius 1 is 1.47 bits per heavy atom. The zero-order valence-electron chi connectivity index (χ0n) is 12.9. The Labute approximate surface area is 115 Å². The molecule has 0 bridgehead atoms. The van der Waals surface area contributed by atoms with Gasteiger partial charge in [0.25, 0.3) is 0 Å². The van der Waals surface area contributed by atoms with Gasteiger partial charge in [0.1, 0.15) is 5.76 Å². The number of nitrogens with zero attached hydrogens (tertiary/aromatic N) is 1. The van der Waals surface area contributed by atoms with Crippen molar-refractivity contribution in [2.24, 2.45) is 5.41 Å². The van der Waals surface area contributed by atoms with Crippen LogP contribution in [-0.4, -0.2) is 23.9 Å². The maximum absolute atomic E-state index is 5.77. The van der Waals surface area contributed by atoms with E-state index >= 15 is 0 Å². The number of rotatable bonds is 5. The maximum Gasteiger partial charge on any atom is 0.138 e. The van der Waals surface area contributed by atoms with E-state index in [0.29, 0.717) is 12.1 Å². The molecule has 1 aromatic heterocycles. The minimum Gasteiger partial charge on any atom is -0.378 e. The Kier molecular flexibility index (Phi) is 4.02. The first kappa shape index (κ1) is 14.5. The van der Waals surface area contributed by atoms with Crippen LogP contribution in [-0.2, 0) is 4.74 Å². The van der Waals surface area contributed by atoms with E-state index in [1.165, 1.54) is 5.56 Å². The van der Waals surface area contributed by atoms with Crippen LogP contribution < -0.4 is 5.32 Å². The molecule has 4 heteroatoms. The van der Waals surface area contributed by atoms with Crippen molar-refractivity contribution >= 4 is 0 Å². The SMILES string of the molecule is CCOC1CC(NC(C)c2c(C)noc2C)C1(C)C. The summed E-state index contributed by atoms with van der Waals surface area (Å²) in [5.74, 6) is 0.913. The fourth-order valence-electron chi connectivity index (χ4n) is 3.15. The van der Waals surface area contributed by atoms with Crippen LogP contribution in [0.15, 0.2) is 4.52 Å². The molecular weight excluding hydrogens is 240 g/mol. The highest BCUT2D eigenvalue weighted by atomic mass is 16.5. The van der Waals surface area contributed by atoms with Gasteiger partial charge in [-0.1, -0.05) is 19.0 Å². The summed E-state index contributed by atoms with van der Waals surface area (Å²) in [5, 5.41) is 7.73. The molecule has 1 aliphatic rings. The molecule has 1 aromatic rings. The van der Waals surface area contributed by atoms with E-state index in [4.69, 9.17) is 9.26 Å². The van der Waals surface area contributed by atoms with E-state index in [9.17, 15) is 0 Å². The van der Waals surface area contributed by atoms with Gasteiger partial charge in [-0.25, -0.2) is 0 Å². The zero-order chi connectivity index (χ0) is 14.2. The van der Waals surface area contributed by atoms with Crippen molar-refractivity contribution in [3.05, 3.63) is 17.0 Å². The number of aromatic nitrogens is 1. The number of hydrogen-bond donors (Lipinski definition) is 1. The standard InChI is InChI=1S/C15H26N2O2/c1-7-18-13-8-12(15(13,5)6)16-9(2)14-10(3)17-19-11(14)4/h9,12-13,16H,7-8H2,1-6H3. The molecule has 0 aromatic carbocycles. The molecule has 1 fully saturated rings. The van der Waals surface area contributed by atoms with E-state index < -0.39 is 0 Å². The van der Waals surface area contributed by atoms with Crippen LogP contribution in [0.5, 0.6) is 0 Å². The molecule has 0 amide bonds. The number of nitrogens with one attached hydrogen (secondary N) is 1. The highest BCUT2D eigenvalue weighted by molar-refractivity contribution is 5.25. The quantitative estimate of drug-likeness (QED) is 0.889. The van der Waals surface area contributed by atoms with Gasteiger partial charge >= 0.3 is 0 Å². The first-order chi connectivity index (χ1) is 8.87. The van der Waals surface area contributed by atoms with E-state index in [2.05, 4.69) is 38.2 Å². The third kappa shape index (κ3) is 2.56. The normalized spacial score (nSPS) is 27.1. The summed E-state index contributed by atoms with van der Waals surface area (Å²) in [6.07, 6.45) is 1.45. The van der Waals surface area contributed by atoms with E-state index in [1.807, 2.05) is 13.8 Å². The lowest BCUT2D eigenvalue weighted by Gasteiger charge is -2.52. The number of aryl methyl sites for hydroxylation is 2.